The van der Waals surface area contributed by atoms with Crippen molar-refractivity contribution in [2.24, 2.45) is 0 Å². The van der Waals surface area contributed by atoms with Crippen molar-refractivity contribution in [3.8, 4) is 5.69 Å². The molecule has 0 amide bonds. The van der Waals surface area contributed by atoms with Crippen LogP contribution in [0.4, 0.5) is 5.69 Å². The standard InChI is InChI=1S/C17H13N3/c18-14-9-4-10-15-16(14)13-8-5-11-19-17(13)20(15)12-6-2-1-3-7-12/h1-11H,18H2. The Kier molecular flexibility index (Phi) is 2.27. The van der Waals surface area contributed by atoms with Gasteiger partial charge in [0.25, 0.3) is 0 Å². The van der Waals surface area contributed by atoms with E-state index in [4.69, 9.17) is 5.73 Å². The lowest BCUT2D eigenvalue weighted by Gasteiger charge is -2.06. The number of nitrogen functional groups attached to an aromatic ring is 1. The maximum Gasteiger partial charge on any atom is 0.145 e. The number of nitrogens with two attached hydrogens (primary N) is 1. The van der Waals surface area contributed by atoms with Crippen molar-refractivity contribution in [1.82, 2.24) is 9.55 Å². The monoisotopic (exact) mass is 259 g/mol. The van der Waals surface area contributed by atoms with Crippen LogP contribution in [0.3, 0.4) is 0 Å². The number of hydrogen-bond donors (Lipinski definition) is 1. The van der Waals surface area contributed by atoms with Crippen molar-refractivity contribution in [2.75, 3.05) is 5.73 Å². The van der Waals surface area contributed by atoms with Gasteiger partial charge in [0.05, 0.1) is 5.52 Å². The Hall–Kier alpha value is -2.81. The molecule has 0 aliphatic heterocycles. The van der Waals surface area contributed by atoms with Gasteiger partial charge in [-0.2, -0.15) is 0 Å². The van der Waals surface area contributed by atoms with Gasteiger partial charge in [-0.25, -0.2) is 4.98 Å². The highest BCUT2D eigenvalue weighted by Gasteiger charge is 2.14. The molecule has 2 aromatic carbocycles. The van der Waals surface area contributed by atoms with Crippen molar-refractivity contribution in [3.05, 3.63) is 66.9 Å². The summed E-state index contributed by atoms with van der Waals surface area (Å²) >= 11 is 0. The van der Waals surface area contributed by atoms with Crippen LogP contribution >= 0.6 is 0 Å². The fraction of sp³-hybridized carbons (Fsp3) is 0. The van der Waals surface area contributed by atoms with Crippen LogP contribution in [0.15, 0.2) is 66.9 Å². The van der Waals surface area contributed by atoms with Gasteiger partial charge >= 0.3 is 0 Å². The fourth-order valence-corrected chi connectivity index (χ4v) is 2.76. The summed E-state index contributed by atoms with van der Waals surface area (Å²) in [6.45, 7) is 0. The van der Waals surface area contributed by atoms with Crippen LogP contribution in [-0.4, -0.2) is 9.55 Å². The fourth-order valence-electron chi connectivity index (χ4n) is 2.76. The molecule has 20 heavy (non-hydrogen) atoms. The number of fused-ring (bicyclic) bond motifs is 3. The van der Waals surface area contributed by atoms with Crippen LogP contribution in [0.1, 0.15) is 0 Å². The number of nitrogens with zero attached hydrogens (tertiary/aromatic N) is 2. The Morgan fingerprint density at radius 3 is 2.55 bits per heavy atom. The van der Waals surface area contributed by atoms with E-state index >= 15 is 0 Å². The second-order valence-corrected chi connectivity index (χ2v) is 4.79. The van der Waals surface area contributed by atoms with E-state index in [1.165, 1.54) is 0 Å². The van der Waals surface area contributed by atoms with Gasteiger partial charge in [0.15, 0.2) is 0 Å². The summed E-state index contributed by atoms with van der Waals surface area (Å²) in [5, 5.41) is 2.16. The first-order valence-electron chi connectivity index (χ1n) is 6.55. The molecule has 0 radical (unpaired) electrons. The van der Waals surface area contributed by atoms with E-state index in [-0.39, 0.29) is 0 Å². The molecule has 2 N–H and O–H groups in total. The van der Waals surface area contributed by atoms with E-state index in [0.29, 0.717) is 0 Å². The van der Waals surface area contributed by atoms with Crippen molar-refractivity contribution in [1.29, 1.82) is 0 Å². The zero-order valence-electron chi connectivity index (χ0n) is 10.8. The molecule has 3 nitrogen and oxygen atoms in total. The quantitative estimate of drug-likeness (QED) is 0.529. The predicted octanol–water partition coefficient (Wildman–Crippen LogP) is 3.76. The number of para-hydroxylation sites is 1. The van der Waals surface area contributed by atoms with Gasteiger partial charge in [-0.15, -0.1) is 0 Å². The number of pyridine rings is 1. The minimum atomic E-state index is 0.787. The smallest absolute Gasteiger partial charge is 0.145 e. The molecule has 0 atom stereocenters. The van der Waals surface area contributed by atoms with Gasteiger partial charge in [-0.3, -0.25) is 4.57 Å². The van der Waals surface area contributed by atoms with E-state index in [1.54, 1.807) is 0 Å². The molecular weight excluding hydrogens is 246 g/mol. The highest BCUT2D eigenvalue weighted by atomic mass is 15.0. The van der Waals surface area contributed by atoms with Crippen LogP contribution < -0.4 is 5.73 Å². The van der Waals surface area contributed by atoms with Gasteiger partial charge in [-0.05, 0) is 36.4 Å². The third-order valence-electron chi connectivity index (χ3n) is 3.60. The van der Waals surface area contributed by atoms with Crippen LogP contribution in [0.5, 0.6) is 0 Å². The van der Waals surface area contributed by atoms with Gasteiger partial charge in [0.2, 0.25) is 0 Å². The first-order chi connectivity index (χ1) is 9.86. The third-order valence-corrected chi connectivity index (χ3v) is 3.60. The second-order valence-electron chi connectivity index (χ2n) is 4.79. The van der Waals surface area contributed by atoms with Crippen molar-refractivity contribution in [2.45, 2.75) is 0 Å². The number of benzene rings is 2. The molecule has 0 fully saturated rings. The summed E-state index contributed by atoms with van der Waals surface area (Å²) in [7, 11) is 0. The van der Waals surface area contributed by atoms with E-state index in [9.17, 15) is 0 Å². The largest absolute Gasteiger partial charge is 0.398 e. The van der Waals surface area contributed by atoms with Crippen molar-refractivity contribution >= 4 is 27.6 Å². The number of aromatic nitrogens is 2. The minimum absolute atomic E-state index is 0.787. The van der Waals surface area contributed by atoms with Crippen molar-refractivity contribution in [3.63, 3.8) is 0 Å². The molecule has 4 aromatic rings. The summed E-state index contributed by atoms with van der Waals surface area (Å²) in [5.74, 6) is 0. The Morgan fingerprint density at radius 1 is 0.850 bits per heavy atom. The van der Waals surface area contributed by atoms with Gasteiger partial charge < -0.3 is 5.73 Å². The topological polar surface area (TPSA) is 43.8 Å². The highest BCUT2D eigenvalue weighted by Crippen LogP contribution is 2.33. The van der Waals surface area contributed by atoms with Gasteiger partial charge in [0, 0.05) is 28.3 Å². The summed E-state index contributed by atoms with van der Waals surface area (Å²) in [5.41, 5.74) is 10.1. The summed E-state index contributed by atoms with van der Waals surface area (Å²) in [6.07, 6.45) is 1.82. The molecular formula is C17H13N3. The van der Waals surface area contributed by atoms with E-state index in [2.05, 4.69) is 33.8 Å². The van der Waals surface area contributed by atoms with Crippen molar-refractivity contribution < 1.29 is 0 Å². The Balaban J connectivity index is 2.26. The van der Waals surface area contributed by atoms with Crippen LogP contribution in [0, 0.1) is 0 Å². The average Bonchev–Trinajstić information content (AvgIpc) is 2.84. The number of hydrogen-bond acceptors (Lipinski definition) is 2. The Labute approximate surface area is 116 Å². The van der Waals surface area contributed by atoms with Gasteiger partial charge in [0.1, 0.15) is 5.65 Å². The molecule has 3 heteroatoms. The number of rotatable bonds is 1. The molecule has 96 valence electrons. The maximum absolute atomic E-state index is 6.17. The van der Waals surface area contributed by atoms with E-state index in [1.807, 2.05) is 42.6 Å². The predicted molar refractivity (Wildman–Crippen MR) is 83.0 cm³/mol. The normalized spacial score (nSPS) is 11.2. The van der Waals surface area contributed by atoms with E-state index < -0.39 is 0 Å². The van der Waals surface area contributed by atoms with Crippen LogP contribution in [0.25, 0.3) is 27.6 Å². The van der Waals surface area contributed by atoms with Crippen LogP contribution in [-0.2, 0) is 0 Å². The Bertz CT molecular complexity index is 907. The molecule has 0 aliphatic carbocycles. The summed E-state index contributed by atoms with van der Waals surface area (Å²) in [4.78, 5) is 4.54. The molecule has 2 aromatic heterocycles. The maximum atomic E-state index is 6.17. The molecule has 0 aliphatic rings. The van der Waals surface area contributed by atoms with E-state index in [0.717, 1.165) is 33.3 Å². The zero-order valence-corrected chi connectivity index (χ0v) is 10.8. The molecule has 0 saturated heterocycles. The molecule has 0 bridgehead atoms. The van der Waals surface area contributed by atoms with Crippen LogP contribution in [0.2, 0.25) is 0 Å². The second kappa shape index (κ2) is 4.10. The number of anilines is 1. The molecule has 0 saturated carbocycles. The lowest BCUT2D eigenvalue weighted by molar-refractivity contribution is 1.14. The molecule has 0 unspecified atom stereocenters. The SMILES string of the molecule is Nc1cccc2c1c1cccnc1n2-c1ccccc1. The lowest BCUT2D eigenvalue weighted by atomic mass is 10.1. The lowest BCUT2D eigenvalue weighted by Crippen LogP contribution is -1.94. The first kappa shape index (κ1) is 11.1. The van der Waals surface area contributed by atoms with Gasteiger partial charge in [-0.1, -0.05) is 24.3 Å². The Morgan fingerprint density at radius 2 is 1.70 bits per heavy atom. The summed E-state index contributed by atoms with van der Waals surface area (Å²) in [6, 6.07) is 20.3. The minimum Gasteiger partial charge on any atom is -0.398 e. The molecule has 0 spiro atoms. The molecule has 2 heterocycles. The summed E-state index contributed by atoms with van der Waals surface area (Å²) < 4.78 is 2.15. The third kappa shape index (κ3) is 1.43. The highest BCUT2D eigenvalue weighted by molar-refractivity contribution is 6.13. The average molecular weight is 259 g/mol. The zero-order chi connectivity index (χ0) is 13.5. The molecule has 4 rings (SSSR count). The first-order valence-corrected chi connectivity index (χ1v) is 6.55.